The minimum Gasteiger partial charge on any atom is -0.359 e. The predicted octanol–water partition coefficient (Wildman–Crippen LogP) is 3.81. The van der Waals surface area contributed by atoms with Crippen LogP contribution in [-0.4, -0.2) is 24.4 Å². The van der Waals surface area contributed by atoms with E-state index in [2.05, 4.69) is 25.9 Å². The summed E-state index contributed by atoms with van der Waals surface area (Å²) in [7, 11) is -3.54. The SMILES string of the molecule is Cc1cc([C@@H]2CCCN2S(=O)(=O)c2ccc(C(C)(C)C)cc2)on1. The van der Waals surface area contributed by atoms with Crippen molar-refractivity contribution in [3.63, 3.8) is 0 Å². The van der Waals surface area contributed by atoms with Crippen LogP contribution in [0.2, 0.25) is 0 Å². The number of rotatable bonds is 3. The minimum absolute atomic E-state index is 0.00413. The van der Waals surface area contributed by atoms with Crippen molar-refractivity contribution in [3.8, 4) is 0 Å². The highest BCUT2D eigenvalue weighted by Gasteiger charge is 2.38. The third-order valence-electron chi connectivity index (χ3n) is 4.51. The molecule has 1 atom stereocenters. The van der Waals surface area contributed by atoms with Crippen LogP contribution in [0.5, 0.6) is 0 Å². The lowest BCUT2D eigenvalue weighted by Gasteiger charge is -2.23. The van der Waals surface area contributed by atoms with Gasteiger partial charge in [-0.1, -0.05) is 38.1 Å². The molecule has 24 heavy (non-hydrogen) atoms. The number of hydrogen-bond donors (Lipinski definition) is 0. The molecule has 1 aromatic carbocycles. The number of aryl methyl sites for hydroxylation is 1. The van der Waals surface area contributed by atoms with Crippen molar-refractivity contribution in [1.82, 2.24) is 9.46 Å². The molecule has 3 rings (SSSR count). The van der Waals surface area contributed by atoms with Crippen molar-refractivity contribution < 1.29 is 12.9 Å². The lowest BCUT2D eigenvalue weighted by molar-refractivity contribution is 0.297. The van der Waals surface area contributed by atoms with E-state index in [1.54, 1.807) is 16.4 Å². The highest BCUT2D eigenvalue weighted by molar-refractivity contribution is 7.89. The number of nitrogens with zero attached hydrogens (tertiary/aromatic N) is 2. The smallest absolute Gasteiger partial charge is 0.243 e. The van der Waals surface area contributed by atoms with E-state index in [1.807, 2.05) is 25.1 Å². The Morgan fingerprint density at radius 1 is 1.21 bits per heavy atom. The third kappa shape index (κ3) is 3.13. The summed E-state index contributed by atoms with van der Waals surface area (Å²) in [4.78, 5) is 0.332. The van der Waals surface area contributed by atoms with Gasteiger partial charge in [0.2, 0.25) is 10.0 Å². The summed E-state index contributed by atoms with van der Waals surface area (Å²) in [6.45, 7) is 8.68. The summed E-state index contributed by atoms with van der Waals surface area (Å²) >= 11 is 0. The fraction of sp³-hybridized carbons (Fsp3) is 0.500. The fourth-order valence-electron chi connectivity index (χ4n) is 3.11. The van der Waals surface area contributed by atoms with Gasteiger partial charge in [0, 0.05) is 12.6 Å². The van der Waals surface area contributed by atoms with Crippen molar-refractivity contribution in [2.45, 2.75) is 56.9 Å². The minimum atomic E-state index is -3.54. The highest BCUT2D eigenvalue weighted by Crippen LogP contribution is 2.37. The molecule has 1 aliphatic rings. The summed E-state index contributed by atoms with van der Waals surface area (Å²) in [5.41, 5.74) is 1.88. The number of benzene rings is 1. The maximum atomic E-state index is 13.0. The van der Waals surface area contributed by atoms with Gasteiger partial charge in [0.05, 0.1) is 16.6 Å². The third-order valence-corrected chi connectivity index (χ3v) is 6.43. The molecular formula is C18H24N2O3S. The zero-order valence-corrected chi connectivity index (χ0v) is 15.4. The molecule has 0 N–H and O–H groups in total. The Morgan fingerprint density at radius 2 is 1.88 bits per heavy atom. The quantitative estimate of drug-likeness (QED) is 0.846. The van der Waals surface area contributed by atoms with Crippen molar-refractivity contribution in [1.29, 1.82) is 0 Å². The van der Waals surface area contributed by atoms with Gasteiger partial charge in [-0.15, -0.1) is 0 Å². The van der Waals surface area contributed by atoms with E-state index < -0.39 is 10.0 Å². The van der Waals surface area contributed by atoms with E-state index in [1.165, 1.54) is 0 Å². The van der Waals surface area contributed by atoms with E-state index in [4.69, 9.17) is 4.52 Å². The Morgan fingerprint density at radius 3 is 2.42 bits per heavy atom. The molecule has 0 amide bonds. The van der Waals surface area contributed by atoms with E-state index >= 15 is 0 Å². The van der Waals surface area contributed by atoms with Crippen LogP contribution in [0.1, 0.15) is 56.7 Å². The largest absolute Gasteiger partial charge is 0.359 e. The molecule has 1 fully saturated rings. The first-order valence-electron chi connectivity index (χ1n) is 8.25. The topological polar surface area (TPSA) is 63.4 Å². The van der Waals surface area contributed by atoms with Gasteiger partial charge in [-0.3, -0.25) is 0 Å². The molecule has 0 unspecified atom stereocenters. The van der Waals surface area contributed by atoms with Crippen LogP contribution in [0.3, 0.4) is 0 Å². The van der Waals surface area contributed by atoms with Crippen molar-refractivity contribution in [2.75, 3.05) is 6.54 Å². The molecular weight excluding hydrogens is 324 g/mol. The highest BCUT2D eigenvalue weighted by atomic mass is 32.2. The first kappa shape index (κ1) is 17.2. The van der Waals surface area contributed by atoms with Crippen LogP contribution in [-0.2, 0) is 15.4 Å². The van der Waals surface area contributed by atoms with Gasteiger partial charge >= 0.3 is 0 Å². The van der Waals surface area contributed by atoms with Gasteiger partial charge in [-0.25, -0.2) is 8.42 Å². The Balaban J connectivity index is 1.92. The molecule has 2 aromatic rings. The molecule has 1 aliphatic heterocycles. The Labute approximate surface area is 143 Å². The van der Waals surface area contributed by atoms with Crippen LogP contribution in [0.15, 0.2) is 39.8 Å². The lowest BCUT2D eigenvalue weighted by Crippen LogP contribution is -2.30. The standard InChI is InChI=1S/C18H24N2O3S/c1-13-12-17(23-19-13)16-6-5-11-20(16)24(21,22)15-9-7-14(8-10-15)18(2,3)4/h7-10,12,16H,5-6,11H2,1-4H3/t16-/m0/s1. The van der Waals surface area contributed by atoms with Crippen LogP contribution >= 0.6 is 0 Å². The first-order chi connectivity index (χ1) is 11.2. The van der Waals surface area contributed by atoms with Crippen LogP contribution < -0.4 is 0 Å². The van der Waals surface area contributed by atoms with Gasteiger partial charge in [0.1, 0.15) is 0 Å². The van der Waals surface area contributed by atoms with Gasteiger partial charge in [0.15, 0.2) is 5.76 Å². The first-order valence-corrected chi connectivity index (χ1v) is 9.69. The average molecular weight is 348 g/mol. The molecule has 5 nitrogen and oxygen atoms in total. The molecule has 0 bridgehead atoms. The average Bonchev–Trinajstić information content (AvgIpc) is 3.15. The molecule has 0 radical (unpaired) electrons. The summed E-state index contributed by atoms with van der Waals surface area (Å²) in [6.07, 6.45) is 1.58. The zero-order valence-electron chi connectivity index (χ0n) is 14.6. The second-order valence-corrected chi connectivity index (χ2v) is 9.31. The summed E-state index contributed by atoms with van der Waals surface area (Å²) < 4.78 is 33.0. The van der Waals surface area contributed by atoms with E-state index in [0.717, 1.165) is 24.1 Å². The second kappa shape index (κ2) is 6.01. The van der Waals surface area contributed by atoms with Gasteiger partial charge in [-0.05, 0) is 42.9 Å². The normalized spacial score (nSPS) is 19.8. The molecule has 1 saturated heterocycles. The summed E-state index contributed by atoms with van der Waals surface area (Å²) in [5, 5.41) is 3.89. The number of sulfonamides is 1. The second-order valence-electron chi connectivity index (χ2n) is 7.42. The van der Waals surface area contributed by atoms with Crippen molar-refractivity contribution >= 4 is 10.0 Å². The van der Waals surface area contributed by atoms with Crippen molar-refractivity contribution in [2.24, 2.45) is 0 Å². The molecule has 1 aromatic heterocycles. The summed E-state index contributed by atoms with van der Waals surface area (Å²) in [5.74, 6) is 0.625. The number of hydrogen-bond acceptors (Lipinski definition) is 4. The van der Waals surface area contributed by atoms with Gasteiger partial charge in [0.25, 0.3) is 0 Å². The van der Waals surface area contributed by atoms with E-state index in [-0.39, 0.29) is 11.5 Å². The lowest BCUT2D eigenvalue weighted by atomic mass is 9.87. The van der Waals surface area contributed by atoms with Crippen molar-refractivity contribution in [3.05, 3.63) is 47.3 Å². The fourth-order valence-corrected chi connectivity index (χ4v) is 4.78. The molecule has 2 heterocycles. The molecule has 0 spiro atoms. The molecule has 0 aliphatic carbocycles. The van der Waals surface area contributed by atoms with Crippen LogP contribution in [0, 0.1) is 6.92 Å². The Bertz CT molecular complexity index is 817. The zero-order chi connectivity index (χ0) is 17.5. The van der Waals surface area contributed by atoms with Crippen LogP contribution in [0.25, 0.3) is 0 Å². The maximum Gasteiger partial charge on any atom is 0.243 e. The summed E-state index contributed by atoms with van der Waals surface area (Å²) in [6, 6.07) is 8.76. The predicted molar refractivity (Wildman–Crippen MR) is 92.2 cm³/mol. The van der Waals surface area contributed by atoms with Crippen LogP contribution in [0.4, 0.5) is 0 Å². The molecule has 6 heteroatoms. The number of aromatic nitrogens is 1. The Hall–Kier alpha value is -1.66. The van der Waals surface area contributed by atoms with E-state index in [9.17, 15) is 8.42 Å². The van der Waals surface area contributed by atoms with Gasteiger partial charge < -0.3 is 4.52 Å². The maximum absolute atomic E-state index is 13.0. The van der Waals surface area contributed by atoms with E-state index in [0.29, 0.717) is 17.2 Å². The monoisotopic (exact) mass is 348 g/mol. The molecule has 0 saturated carbocycles. The van der Waals surface area contributed by atoms with Gasteiger partial charge in [-0.2, -0.15) is 4.31 Å². The Kier molecular flexibility index (Phi) is 4.30. The molecule has 130 valence electrons.